The van der Waals surface area contributed by atoms with Crippen LogP contribution in [-0.4, -0.2) is 11.5 Å². The summed E-state index contributed by atoms with van der Waals surface area (Å²) in [5.41, 5.74) is 2.59. The van der Waals surface area contributed by atoms with Crippen LogP contribution >= 0.6 is 0 Å². The third-order valence-electron chi connectivity index (χ3n) is 2.80. The summed E-state index contributed by atoms with van der Waals surface area (Å²) in [6.45, 7) is 0. The lowest BCUT2D eigenvalue weighted by molar-refractivity contribution is 0.0611. The first-order valence-corrected chi connectivity index (χ1v) is 5.78. The molecule has 0 spiro atoms. The van der Waals surface area contributed by atoms with Gasteiger partial charge in [-0.25, -0.2) is 8.78 Å². The third kappa shape index (κ3) is 3.14. The number of hydrogen-bond donors (Lipinski definition) is 1. The van der Waals surface area contributed by atoms with E-state index in [-0.39, 0.29) is 0 Å². The molecule has 0 aliphatic heterocycles. The zero-order chi connectivity index (χ0) is 13.0. The van der Waals surface area contributed by atoms with Crippen LogP contribution in [0.2, 0.25) is 0 Å². The van der Waals surface area contributed by atoms with E-state index in [1.54, 1.807) is 12.1 Å². The number of benzene rings is 2. The minimum absolute atomic E-state index is 0.523. The van der Waals surface area contributed by atoms with Gasteiger partial charge in [-0.1, -0.05) is 54.6 Å². The second kappa shape index (κ2) is 5.74. The fraction of sp³-hybridized carbons (Fsp3) is 0.200. The van der Waals surface area contributed by atoms with Crippen molar-refractivity contribution in [2.75, 3.05) is 0 Å². The Morgan fingerprint density at radius 3 is 1.94 bits per heavy atom. The molecule has 2 aromatic carbocycles. The summed E-state index contributed by atoms with van der Waals surface area (Å²) in [6.07, 6.45) is -4.12. The number of halogens is 2. The molecular weight excluding hydrogens is 234 g/mol. The number of rotatable bonds is 4. The van der Waals surface area contributed by atoms with Crippen molar-refractivity contribution in [3.63, 3.8) is 0 Å². The van der Waals surface area contributed by atoms with Gasteiger partial charge in [0.05, 0.1) is 6.10 Å². The van der Waals surface area contributed by atoms with Crippen molar-refractivity contribution in [1.29, 1.82) is 0 Å². The molecule has 18 heavy (non-hydrogen) atoms. The van der Waals surface area contributed by atoms with Crippen molar-refractivity contribution < 1.29 is 13.9 Å². The molecule has 1 N–H and O–H groups in total. The molecule has 0 saturated carbocycles. The van der Waals surface area contributed by atoms with E-state index in [0.717, 1.165) is 11.1 Å². The van der Waals surface area contributed by atoms with Crippen LogP contribution in [0.4, 0.5) is 8.78 Å². The van der Waals surface area contributed by atoms with E-state index in [4.69, 9.17) is 0 Å². The van der Waals surface area contributed by atoms with Gasteiger partial charge >= 0.3 is 0 Å². The molecular formula is C15H14F2O. The lowest BCUT2D eigenvalue weighted by atomic mass is 10.0. The van der Waals surface area contributed by atoms with Crippen LogP contribution in [0, 0.1) is 0 Å². The predicted molar refractivity (Wildman–Crippen MR) is 67.5 cm³/mol. The Hall–Kier alpha value is -1.74. The summed E-state index contributed by atoms with van der Waals surface area (Å²) in [4.78, 5) is 0. The molecule has 3 heteroatoms. The van der Waals surface area contributed by atoms with Gasteiger partial charge in [-0.05, 0) is 16.7 Å². The Morgan fingerprint density at radius 2 is 1.39 bits per heavy atom. The molecule has 1 nitrogen and oxygen atoms in total. The zero-order valence-corrected chi connectivity index (χ0v) is 9.76. The van der Waals surface area contributed by atoms with Gasteiger partial charge < -0.3 is 5.11 Å². The molecule has 94 valence electrons. The minimum atomic E-state index is -2.49. The van der Waals surface area contributed by atoms with E-state index in [1.807, 2.05) is 42.5 Å². The Balaban J connectivity index is 2.15. The largest absolute Gasteiger partial charge is 0.388 e. The molecule has 0 radical (unpaired) electrons. The molecule has 2 rings (SSSR count). The number of aliphatic hydroxyl groups is 1. The van der Waals surface area contributed by atoms with Gasteiger partial charge in [-0.15, -0.1) is 0 Å². The second-order valence-corrected chi connectivity index (χ2v) is 4.13. The van der Waals surface area contributed by atoms with Crippen LogP contribution < -0.4 is 0 Å². The van der Waals surface area contributed by atoms with Crippen LogP contribution in [0.1, 0.15) is 18.1 Å². The molecule has 1 unspecified atom stereocenters. The third-order valence-corrected chi connectivity index (χ3v) is 2.80. The normalized spacial score (nSPS) is 12.7. The van der Waals surface area contributed by atoms with Crippen LogP contribution in [0.5, 0.6) is 0 Å². The van der Waals surface area contributed by atoms with E-state index in [0.29, 0.717) is 5.56 Å². The summed E-state index contributed by atoms with van der Waals surface area (Å²) in [5.74, 6) is 0. The van der Waals surface area contributed by atoms with Gasteiger partial charge in [0.1, 0.15) is 0 Å². The minimum Gasteiger partial charge on any atom is -0.388 e. The predicted octanol–water partition coefficient (Wildman–Crippen LogP) is 4.04. The monoisotopic (exact) mass is 248 g/mol. The summed E-state index contributed by atoms with van der Waals surface area (Å²) >= 11 is 0. The molecule has 0 aliphatic carbocycles. The summed E-state index contributed by atoms with van der Waals surface area (Å²) in [7, 11) is 0. The highest BCUT2D eigenvalue weighted by molar-refractivity contribution is 5.63. The molecule has 0 aromatic heterocycles. The van der Waals surface area contributed by atoms with E-state index >= 15 is 0 Å². The lowest BCUT2D eigenvalue weighted by Gasteiger charge is -2.11. The maximum Gasteiger partial charge on any atom is 0.241 e. The van der Waals surface area contributed by atoms with Gasteiger partial charge in [0.2, 0.25) is 6.43 Å². The Bertz CT molecular complexity index is 480. The van der Waals surface area contributed by atoms with Gasteiger partial charge in [0, 0.05) is 6.42 Å². The average molecular weight is 248 g/mol. The highest BCUT2D eigenvalue weighted by Crippen LogP contribution is 2.24. The fourth-order valence-corrected chi connectivity index (χ4v) is 1.83. The summed E-state index contributed by atoms with van der Waals surface area (Å²) < 4.78 is 24.3. The Labute approximate surface area is 105 Å². The van der Waals surface area contributed by atoms with Crippen LogP contribution in [-0.2, 0) is 0 Å². The van der Waals surface area contributed by atoms with Gasteiger partial charge in [-0.2, -0.15) is 0 Å². The molecule has 0 aliphatic rings. The maximum absolute atomic E-state index is 12.2. The molecule has 1 atom stereocenters. The topological polar surface area (TPSA) is 20.2 Å². The van der Waals surface area contributed by atoms with Crippen molar-refractivity contribution in [3.05, 3.63) is 60.2 Å². The van der Waals surface area contributed by atoms with Crippen molar-refractivity contribution in [2.45, 2.75) is 19.0 Å². The number of hydrogen-bond acceptors (Lipinski definition) is 1. The van der Waals surface area contributed by atoms with Crippen LogP contribution in [0.25, 0.3) is 11.1 Å². The average Bonchev–Trinajstić information content (AvgIpc) is 2.39. The molecule has 0 amide bonds. The van der Waals surface area contributed by atoms with E-state index in [1.165, 1.54) is 0 Å². The van der Waals surface area contributed by atoms with Crippen molar-refractivity contribution in [3.8, 4) is 11.1 Å². The quantitative estimate of drug-likeness (QED) is 0.865. The van der Waals surface area contributed by atoms with Crippen molar-refractivity contribution >= 4 is 0 Å². The first kappa shape index (κ1) is 12.7. The van der Waals surface area contributed by atoms with Gasteiger partial charge in [0.25, 0.3) is 0 Å². The zero-order valence-electron chi connectivity index (χ0n) is 9.76. The summed E-state index contributed by atoms with van der Waals surface area (Å²) in [5, 5.41) is 9.57. The highest BCUT2D eigenvalue weighted by atomic mass is 19.3. The Kier molecular flexibility index (Phi) is 4.05. The standard InChI is InChI=1S/C15H14F2O/c16-15(17)10-14(18)13-8-6-12(7-9-13)11-4-2-1-3-5-11/h1-9,14-15,18H,10H2. The molecule has 0 heterocycles. The van der Waals surface area contributed by atoms with E-state index in [9.17, 15) is 13.9 Å². The molecule has 2 aromatic rings. The second-order valence-electron chi connectivity index (χ2n) is 4.13. The maximum atomic E-state index is 12.2. The smallest absolute Gasteiger partial charge is 0.241 e. The highest BCUT2D eigenvalue weighted by Gasteiger charge is 2.13. The Morgan fingerprint density at radius 1 is 0.833 bits per heavy atom. The van der Waals surface area contributed by atoms with Crippen LogP contribution in [0.3, 0.4) is 0 Å². The first-order chi connectivity index (χ1) is 8.66. The SMILES string of the molecule is OC(CC(F)F)c1ccc(-c2ccccc2)cc1. The molecule has 0 bridgehead atoms. The van der Waals surface area contributed by atoms with E-state index < -0.39 is 19.0 Å². The number of alkyl halides is 2. The van der Waals surface area contributed by atoms with Crippen molar-refractivity contribution in [1.82, 2.24) is 0 Å². The van der Waals surface area contributed by atoms with Gasteiger partial charge in [0.15, 0.2) is 0 Å². The lowest BCUT2D eigenvalue weighted by Crippen LogP contribution is -2.03. The molecule has 0 fully saturated rings. The molecule has 0 saturated heterocycles. The first-order valence-electron chi connectivity index (χ1n) is 5.78. The number of aliphatic hydroxyl groups excluding tert-OH is 1. The summed E-state index contributed by atoms with van der Waals surface area (Å²) in [6, 6.07) is 16.8. The van der Waals surface area contributed by atoms with Crippen LogP contribution in [0.15, 0.2) is 54.6 Å². The van der Waals surface area contributed by atoms with E-state index in [2.05, 4.69) is 0 Å². The fourth-order valence-electron chi connectivity index (χ4n) is 1.83. The van der Waals surface area contributed by atoms with Gasteiger partial charge in [-0.3, -0.25) is 0 Å². The van der Waals surface area contributed by atoms with Crippen molar-refractivity contribution in [2.24, 2.45) is 0 Å².